The van der Waals surface area contributed by atoms with Gasteiger partial charge in [0.1, 0.15) is 0 Å². The molecule has 1 heterocycles. The summed E-state index contributed by atoms with van der Waals surface area (Å²) in [5, 5.41) is 4.04. The zero-order chi connectivity index (χ0) is 13.9. The van der Waals surface area contributed by atoms with Gasteiger partial charge in [-0.15, -0.1) is 0 Å². The van der Waals surface area contributed by atoms with Gasteiger partial charge in [0.05, 0.1) is 20.2 Å². The SMILES string of the molecule is COC(=O)CN(Cc1noc(C2CC2)n1)C1CCCC1. The third-order valence-electron chi connectivity index (χ3n) is 4.16. The van der Waals surface area contributed by atoms with Gasteiger partial charge in [0.2, 0.25) is 5.89 Å². The van der Waals surface area contributed by atoms with E-state index in [1.807, 2.05) is 0 Å². The van der Waals surface area contributed by atoms with Crippen molar-refractivity contribution in [2.75, 3.05) is 13.7 Å². The molecule has 0 atom stereocenters. The van der Waals surface area contributed by atoms with E-state index in [-0.39, 0.29) is 5.97 Å². The van der Waals surface area contributed by atoms with Crippen LogP contribution in [-0.2, 0) is 16.1 Å². The first-order valence-electron chi connectivity index (χ1n) is 7.39. The number of aromatic nitrogens is 2. The van der Waals surface area contributed by atoms with Gasteiger partial charge in [-0.2, -0.15) is 4.98 Å². The molecule has 2 aliphatic carbocycles. The predicted octanol–water partition coefficient (Wildman–Crippen LogP) is 1.86. The molecule has 1 aromatic rings. The number of hydrogen-bond acceptors (Lipinski definition) is 6. The number of ether oxygens (including phenoxy) is 1. The van der Waals surface area contributed by atoms with E-state index >= 15 is 0 Å². The summed E-state index contributed by atoms with van der Waals surface area (Å²) in [5.41, 5.74) is 0. The van der Waals surface area contributed by atoms with Crippen LogP contribution < -0.4 is 0 Å². The summed E-state index contributed by atoms with van der Waals surface area (Å²) >= 11 is 0. The Morgan fingerprint density at radius 1 is 1.35 bits per heavy atom. The molecule has 110 valence electrons. The van der Waals surface area contributed by atoms with Crippen molar-refractivity contribution in [2.45, 2.75) is 57.0 Å². The lowest BCUT2D eigenvalue weighted by Gasteiger charge is -2.26. The first-order valence-corrected chi connectivity index (χ1v) is 7.39. The molecule has 6 heteroatoms. The van der Waals surface area contributed by atoms with E-state index in [2.05, 4.69) is 15.0 Å². The van der Waals surface area contributed by atoms with Gasteiger partial charge < -0.3 is 9.26 Å². The van der Waals surface area contributed by atoms with Gasteiger partial charge in [-0.25, -0.2) is 0 Å². The van der Waals surface area contributed by atoms with Crippen LogP contribution in [-0.4, -0.2) is 40.7 Å². The molecular weight excluding hydrogens is 258 g/mol. The standard InChI is InChI=1S/C14H21N3O3/c1-19-13(18)9-17(11-4-2-3-5-11)8-12-15-14(20-16-12)10-6-7-10/h10-11H,2-9H2,1H3. The van der Waals surface area contributed by atoms with Crippen LogP contribution in [0.2, 0.25) is 0 Å². The maximum absolute atomic E-state index is 11.6. The Morgan fingerprint density at radius 2 is 2.10 bits per heavy atom. The van der Waals surface area contributed by atoms with Gasteiger partial charge >= 0.3 is 5.97 Å². The molecule has 3 rings (SSSR count). The third-order valence-corrected chi connectivity index (χ3v) is 4.16. The van der Waals surface area contributed by atoms with Crippen LogP contribution in [0.3, 0.4) is 0 Å². The van der Waals surface area contributed by atoms with Crippen LogP contribution in [0.5, 0.6) is 0 Å². The Balaban J connectivity index is 1.65. The lowest BCUT2D eigenvalue weighted by molar-refractivity contribution is -0.142. The highest BCUT2D eigenvalue weighted by molar-refractivity contribution is 5.71. The molecule has 20 heavy (non-hydrogen) atoms. The number of esters is 1. The van der Waals surface area contributed by atoms with Crippen molar-refractivity contribution in [1.82, 2.24) is 15.0 Å². The summed E-state index contributed by atoms with van der Waals surface area (Å²) < 4.78 is 10.1. The van der Waals surface area contributed by atoms with Gasteiger partial charge in [0.15, 0.2) is 5.82 Å². The van der Waals surface area contributed by atoms with E-state index in [9.17, 15) is 4.79 Å². The van der Waals surface area contributed by atoms with Crippen molar-refractivity contribution in [1.29, 1.82) is 0 Å². The quantitative estimate of drug-likeness (QED) is 0.740. The Hall–Kier alpha value is -1.43. The smallest absolute Gasteiger partial charge is 0.319 e. The molecular formula is C14H21N3O3. The lowest BCUT2D eigenvalue weighted by Crippen LogP contribution is -2.37. The second-order valence-corrected chi connectivity index (χ2v) is 5.74. The van der Waals surface area contributed by atoms with Crippen LogP contribution in [0.15, 0.2) is 4.52 Å². The molecule has 1 aromatic heterocycles. The minimum absolute atomic E-state index is 0.206. The van der Waals surface area contributed by atoms with Crippen molar-refractivity contribution in [3.63, 3.8) is 0 Å². The van der Waals surface area contributed by atoms with Crippen LogP contribution in [0, 0.1) is 0 Å². The van der Waals surface area contributed by atoms with Crippen molar-refractivity contribution in [3.8, 4) is 0 Å². The molecule has 0 radical (unpaired) electrons. The lowest BCUT2D eigenvalue weighted by atomic mass is 10.2. The number of carbonyl (C=O) groups is 1. The summed E-state index contributed by atoms with van der Waals surface area (Å²) in [6.07, 6.45) is 7.00. The van der Waals surface area contributed by atoms with Crippen LogP contribution in [0.4, 0.5) is 0 Å². The molecule has 0 N–H and O–H groups in total. The molecule has 6 nitrogen and oxygen atoms in total. The summed E-state index contributed by atoms with van der Waals surface area (Å²) in [7, 11) is 1.43. The topological polar surface area (TPSA) is 68.5 Å². The highest BCUT2D eigenvalue weighted by Crippen LogP contribution is 2.38. The largest absolute Gasteiger partial charge is 0.468 e. The average Bonchev–Trinajstić information content (AvgIpc) is 2.98. The van der Waals surface area contributed by atoms with E-state index in [1.165, 1.54) is 20.0 Å². The minimum Gasteiger partial charge on any atom is -0.468 e. The van der Waals surface area contributed by atoms with E-state index in [1.54, 1.807) is 0 Å². The van der Waals surface area contributed by atoms with Crippen LogP contribution in [0.25, 0.3) is 0 Å². The fraction of sp³-hybridized carbons (Fsp3) is 0.786. The summed E-state index contributed by atoms with van der Waals surface area (Å²) in [5.74, 6) is 1.70. The van der Waals surface area contributed by atoms with Crippen LogP contribution >= 0.6 is 0 Å². The second kappa shape index (κ2) is 5.91. The fourth-order valence-electron chi connectivity index (χ4n) is 2.82. The number of methoxy groups -OCH3 is 1. The summed E-state index contributed by atoms with van der Waals surface area (Å²) in [4.78, 5) is 18.1. The number of carbonyl (C=O) groups excluding carboxylic acids is 1. The molecule has 2 fully saturated rings. The molecule has 0 bridgehead atoms. The highest BCUT2D eigenvalue weighted by atomic mass is 16.5. The fourth-order valence-corrected chi connectivity index (χ4v) is 2.82. The molecule has 0 aromatic carbocycles. The second-order valence-electron chi connectivity index (χ2n) is 5.74. The predicted molar refractivity (Wildman–Crippen MR) is 71.0 cm³/mol. The maximum Gasteiger partial charge on any atom is 0.319 e. The molecule has 0 spiro atoms. The normalized spacial score (nSPS) is 19.7. The Morgan fingerprint density at radius 3 is 2.75 bits per heavy atom. The monoisotopic (exact) mass is 279 g/mol. The van der Waals surface area contributed by atoms with Gasteiger partial charge in [0, 0.05) is 12.0 Å². The van der Waals surface area contributed by atoms with Crippen molar-refractivity contribution >= 4 is 5.97 Å². The summed E-state index contributed by atoms with van der Waals surface area (Å²) in [6, 6.07) is 0.428. The number of hydrogen-bond donors (Lipinski definition) is 0. The van der Waals surface area contributed by atoms with Gasteiger partial charge in [0.25, 0.3) is 0 Å². The number of nitrogens with zero attached hydrogens (tertiary/aromatic N) is 3. The van der Waals surface area contributed by atoms with Crippen molar-refractivity contribution < 1.29 is 14.1 Å². The first-order chi connectivity index (χ1) is 9.76. The molecule has 0 unspecified atom stereocenters. The van der Waals surface area contributed by atoms with Gasteiger partial charge in [-0.05, 0) is 25.7 Å². The Kier molecular flexibility index (Phi) is 4.00. The van der Waals surface area contributed by atoms with Crippen molar-refractivity contribution in [3.05, 3.63) is 11.7 Å². The summed E-state index contributed by atoms with van der Waals surface area (Å²) in [6.45, 7) is 0.866. The number of rotatable bonds is 6. The van der Waals surface area contributed by atoms with Gasteiger partial charge in [-0.1, -0.05) is 18.0 Å². The van der Waals surface area contributed by atoms with Crippen molar-refractivity contribution in [2.24, 2.45) is 0 Å². The maximum atomic E-state index is 11.6. The zero-order valence-electron chi connectivity index (χ0n) is 11.9. The van der Waals surface area contributed by atoms with E-state index in [0.29, 0.717) is 30.9 Å². The first kappa shape index (κ1) is 13.5. The zero-order valence-corrected chi connectivity index (χ0v) is 11.9. The molecule has 2 saturated carbocycles. The molecule has 2 aliphatic rings. The van der Waals surface area contributed by atoms with Crippen LogP contribution in [0.1, 0.15) is 56.2 Å². The van der Waals surface area contributed by atoms with E-state index < -0.39 is 0 Å². The Labute approximate surface area is 118 Å². The van der Waals surface area contributed by atoms with E-state index in [0.717, 1.165) is 31.6 Å². The Bertz CT molecular complexity index is 464. The van der Waals surface area contributed by atoms with E-state index in [4.69, 9.17) is 9.26 Å². The minimum atomic E-state index is -0.206. The average molecular weight is 279 g/mol. The molecule has 0 saturated heterocycles. The molecule has 0 aliphatic heterocycles. The third kappa shape index (κ3) is 3.17. The van der Waals surface area contributed by atoms with Gasteiger partial charge in [-0.3, -0.25) is 9.69 Å². The molecule has 0 amide bonds. The highest BCUT2D eigenvalue weighted by Gasteiger charge is 2.31.